The van der Waals surface area contributed by atoms with Gasteiger partial charge in [0, 0.05) is 32.5 Å². The number of alkyl halides is 3. The first kappa shape index (κ1) is 27.0. The average molecular weight is 659 g/mol. The van der Waals surface area contributed by atoms with Gasteiger partial charge < -0.3 is 9.97 Å². The van der Waals surface area contributed by atoms with Gasteiger partial charge in [-0.05, 0) is 40.6 Å². The van der Waals surface area contributed by atoms with Gasteiger partial charge >= 0.3 is 6.18 Å². The summed E-state index contributed by atoms with van der Waals surface area (Å²) in [5.41, 5.74) is 4.76. The van der Waals surface area contributed by atoms with Crippen molar-refractivity contribution in [3.05, 3.63) is 133 Å². The number of halogens is 3. The maximum Gasteiger partial charge on any atom is 0.381 e. The van der Waals surface area contributed by atoms with Gasteiger partial charge in [0.05, 0.1) is 0 Å². The predicted octanol–water partition coefficient (Wildman–Crippen LogP) is 8.09. The molecule has 0 unspecified atom stereocenters. The maximum atomic E-state index is 12.8. The summed E-state index contributed by atoms with van der Waals surface area (Å²) in [5.74, 6) is 0. The van der Waals surface area contributed by atoms with E-state index in [0.717, 1.165) is 28.5 Å². The number of pyridine rings is 2. The molecular weight excluding hydrogens is 638 g/mol. The van der Waals surface area contributed by atoms with Crippen LogP contribution in [0, 0.1) is 19.1 Å². The van der Waals surface area contributed by atoms with Crippen molar-refractivity contribution in [1.82, 2.24) is 9.97 Å². The Bertz CT molecular complexity index is 1300. The van der Waals surface area contributed by atoms with Crippen molar-refractivity contribution in [1.29, 1.82) is 0 Å². The van der Waals surface area contributed by atoms with Crippen LogP contribution in [0.4, 0.5) is 13.2 Å². The van der Waals surface area contributed by atoms with Crippen LogP contribution in [-0.4, -0.2) is 9.97 Å². The molecule has 0 spiro atoms. The monoisotopic (exact) mass is 659 g/mol. The molecular formula is C30H21F3IrN2-2. The van der Waals surface area contributed by atoms with Gasteiger partial charge in [-0.3, -0.25) is 0 Å². The molecule has 2 heterocycles. The molecule has 0 saturated carbocycles. The molecule has 36 heavy (non-hydrogen) atoms. The van der Waals surface area contributed by atoms with Crippen molar-refractivity contribution in [2.45, 2.75) is 13.1 Å². The molecule has 3 aromatic carbocycles. The molecule has 5 rings (SSSR count). The van der Waals surface area contributed by atoms with Crippen molar-refractivity contribution in [3.63, 3.8) is 0 Å². The van der Waals surface area contributed by atoms with Crippen LogP contribution in [0.2, 0.25) is 0 Å². The molecule has 5 aromatic rings. The molecule has 0 atom stereocenters. The average Bonchev–Trinajstić information content (AvgIpc) is 2.90. The van der Waals surface area contributed by atoms with Gasteiger partial charge in [0.15, 0.2) is 0 Å². The molecule has 0 fully saturated rings. The van der Waals surface area contributed by atoms with E-state index in [1.54, 1.807) is 12.1 Å². The molecule has 0 saturated heterocycles. The Morgan fingerprint density at radius 2 is 1.33 bits per heavy atom. The number of rotatable bonds is 3. The van der Waals surface area contributed by atoms with Crippen LogP contribution in [-0.2, 0) is 26.3 Å². The molecule has 2 aromatic heterocycles. The zero-order valence-corrected chi connectivity index (χ0v) is 21.6. The van der Waals surface area contributed by atoms with E-state index in [1.807, 2.05) is 61.7 Å². The molecule has 0 aliphatic rings. The molecule has 1 radical (unpaired) electrons. The zero-order valence-electron chi connectivity index (χ0n) is 19.3. The van der Waals surface area contributed by atoms with Gasteiger partial charge in [-0.1, -0.05) is 54.6 Å². The molecule has 2 nitrogen and oxygen atoms in total. The summed E-state index contributed by atoms with van der Waals surface area (Å²) in [6.45, 7) is 1.83. The van der Waals surface area contributed by atoms with Crippen LogP contribution in [0.15, 0.2) is 109 Å². The third kappa shape index (κ3) is 6.97. The van der Waals surface area contributed by atoms with Crippen molar-refractivity contribution in [3.8, 4) is 33.6 Å². The summed E-state index contributed by atoms with van der Waals surface area (Å²) < 4.78 is 38.3. The normalized spacial score (nSPS) is 10.6. The maximum absolute atomic E-state index is 12.8. The minimum Gasteiger partial charge on any atom is -0.304 e. The van der Waals surface area contributed by atoms with Gasteiger partial charge in [0.25, 0.3) is 0 Å². The second-order valence-corrected chi connectivity index (χ2v) is 7.75. The van der Waals surface area contributed by atoms with E-state index in [9.17, 15) is 13.2 Å². The molecule has 0 amide bonds. The molecule has 183 valence electrons. The Balaban J connectivity index is 0.000000196. The fourth-order valence-electron chi connectivity index (χ4n) is 3.41. The number of benzene rings is 3. The van der Waals surface area contributed by atoms with E-state index in [2.05, 4.69) is 40.3 Å². The number of hydrogen-bond donors (Lipinski definition) is 0. The topological polar surface area (TPSA) is 25.8 Å². The van der Waals surface area contributed by atoms with Gasteiger partial charge in [0.2, 0.25) is 0 Å². The van der Waals surface area contributed by atoms with Crippen molar-refractivity contribution < 1.29 is 33.3 Å². The Morgan fingerprint density at radius 1 is 0.639 bits per heavy atom. The first-order valence-electron chi connectivity index (χ1n) is 10.9. The summed E-state index contributed by atoms with van der Waals surface area (Å²) in [6, 6.07) is 35.2. The number of nitrogens with zero attached hydrogens (tertiary/aromatic N) is 2. The zero-order chi connectivity index (χ0) is 24.7. The number of aryl methyl sites for hydroxylation is 1. The first-order chi connectivity index (χ1) is 16.9. The predicted molar refractivity (Wildman–Crippen MR) is 132 cm³/mol. The van der Waals surface area contributed by atoms with E-state index in [-0.39, 0.29) is 31.4 Å². The number of aromatic nitrogens is 2. The summed E-state index contributed by atoms with van der Waals surface area (Å²) >= 11 is 0. The quantitative estimate of drug-likeness (QED) is 0.183. The van der Waals surface area contributed by atoms with E-state index >= 15 is 0 Å². The van der Waals surface area contributed by atoms with Crippen LogP contribution in [0.3, 0.4) is 0 Å². The van der Waals surface area contributed by atoms with E-state index in [0.29, 0.717) is 0 Å². The molecule has 0 aliphatic carbocycles. The Kier molecular flexibility index (Phi) is 9.29. The van der Waals surface area contributed by atoms with Crippen molar-refractivity contribution in [2.24, 2.45) is 0 Å². The van der Waals surface area contributed by atoms with E-state index in [4.69, 9.17) is 0 Å². The summed E-state index contributed by atoms with van der Waals surface area (Å²) in [4.78, 5) is 8.49. The molecule has 0 N–H and O–H groups in total. The Labute approximate surface area is 222 Å². The molecule has 0 aliphatic heterocycles. The van der Waals surface area contributed by atoms with E-state index < -0.39 is 11.7 Å². The van der Waals surface area contributed by atoms with Crippen LogP contribution < -0.4 is 0 Å². The summed E-state index contributed by atoms with van der Waals surface area (Å²) in [7, 11) is 0. The SMILES string of the molecule is Cc1ccc(-c2[c-]cccc2C(F)(F)F)nc1.[Ir].[c-]1ccccc1-c1ccc(-c2ccccc2)cn1. The summed E-state index contributed by atoms with van der Waals surface area (Å²) in [5, 5.41) is 0. The minimum atomic E-state index is -4.39. The fourth-order valence-corrected chi connectivity index (χ4v) is 3.41. The van der Waals surface area contributed by atoms with Crippen LogP contribution in [0.25, 0.3) is 33.6 Å². The standard InChI is InChI=1S/C17H12N.C13H9F3N.Ir/c1-3-7-14(8-4-1)16-11-12-17(18-13-16)15-9-5-2-6-10-15;1-9-6-7-12(17-8-9)10-4-2-3-5-11(10)13(14,15)16;/h1-9,11-13H;2-3,5-8H,1H3;/q2*-1;. The number of hydrogen-bond acceptors (Lipinski definition) is 2. The van der Waals surface area contributed by atoms with Gasteiger partial charge in [-0.2, -0.15) is 13.2 Å². The van der Waals surface area contributed by atoms with Gasteiger partial charge in [-0.25, -0.2) is 0 Å². The third-order valence-corrected chi connectivity index (χ3v) is 5.18. The second kappa shape index (κ2) is 12.4. The van der Waals surface area contributed by atoms with Crippen LogP contribution >= 0.6 is 0 Å². The second-order valence-electron chi connectivity index (χ2n) is 7.75. The van der Waals surface area contributed by atoms with Crippen LogP contribution in [0.1, 0.15) is 11.1 Å². The largest absolute Gasteiger partial charge is 0.381 e. The Hall–Kier alpha value is -3.60. The van der Waals surface area contributed by atoms with Crippen molar-refractivity contribution >= 4 is 0 Å². The smallest absolute Gasteiger partial charge is 0.304 e. The molecule has 6 heteroatoms. The van der Waals surface area contributed by atoms with E-state index in [1.165, 1.54) is 23.9 Å². The third-order valence-electron chi connectivity index (χ3n) is 5.18. The van der Waals surface area contributed by atoms with Crippen molar-refractivity contribution in [2.75, 3.05) is 0 Å². The fraction of sp³-hybridized carbons (Fsp3) is 0.0667. The summed E-state index contributed by atoms with van der Waals surface area (Å²) in [6.07, 6.45) is -0.943. The van der Waals surface area contributed by atoms with Gasteiger partial charge in [-0.15, -0.1) is 65.7 Å². The van der Waals surface area contributed by atoms with Gasteiger partial charge in [0.1, 0.15) is 0 Å². The molecule has 0 bridgehead atoms. The Morgan fingerprint density at radius 3 is 1.94 bits per heavy atom. The minimum absolute atomic E-state index is 0. The first-order valence-corrected chi connectivity index (χ1v) is 10.9. The van der Waals surface area contributed by atoms with Crippen LogP contribution in [0.5, 0.6) is 0 Å².